The van der Waals surface area contributed by atoms with Gasteiger partial charge < -0.3 is 20.1 Å². The van der Waals surface area contributed by atoms with Crippen molar-refractivity contribution >= 4 is 18.3 Å². The minimum atomic E-state index is -0.101. The van der Waals surface area contributed by atoms with E-state index in [1.54, 1.807) is 26.4 Å². The van der Waals surface area contributed by atoms with Crippen LogP contribution in [0.15, 0.2) is 24.8 Å². The molecule has 0 aromatic heterocycles. The van der Waals surface area contributed by atoms with Crippen LogP contribution in [0.3, 0.4) is 0 Å². The number of benzene rings is 1. The van der Waals surface area contributed by atoms with Gasteiger partial charge in [0.1, 0.15) is 0 Å². The molecule has 2 rings (SSSR count). The van der Waals surface area contributed by atoms with E-state index in [9.17, 15) is 4.79 Å². The van der Waals surface area contributed by atoms with Crippen LogP contribution in [-0.2, 0) is 6.42 Å². The molecule has 1 aliphatic rings. The summed E-state index contributed by atoms with van der Waals surface area (Å²) >= 11 is 0. The number of amides is 1. The van der Waals surface area contributed by atoms with Gasteiger partial charge in [0.25, 0.3) is 5.91 Å². The van der Waals surface area contributed by atoms with E-state index < -0.39 is 0 Å². The fraction of sp³-hybridized carbons (Fsp3) is 0.500. The van der Waals surface area contributed by atoms with Crippen LogP contribution in [0.4, 0.5) is 0 Å². The van der Waals surface area contributed by atoms with Crippen LogP contribution in [0.2, 0.25) is 0 Å². The molecule has 0 bridgehead atoms. The van der Waals surface area contributed by atoms with Crippen LogP contribution >= 0.6 is 12.4 Å². The molecule has 0 aliphatic carbocycles. The number of nitrogens with one attached hydrogen (secondary N) is 2. The number of piperazine rings is 1. The lowest BCUT2D eigenvalue weighted by Crippen LogP contribution is -2.46. The van der Waals surface area contributed by atoms with Crippen LogP contribution in [0.1, 0.15) is 15.9 Å². The fourth-order valence-corrected chi connectivity index (χ4v) is 2.85. The molecule has 1 fully saturated rings. The lowest BCUT2D eigenvalue weighted by molar-refractivity contribution is 0.0946. The zero-order chi connectivity index (χ0) is 17.4. The molecule has 1 amide bonds. The summed E-state index contributed by atoms with van der Waals surface area (Å²) in [7, 11) is 3.17. The van der Waals surface area contributed by atoms with Crippen LogP contribution in [-0.4, -0.2) is 64.3 Å². The van der Waals surface area contributed by atoms with Gasteiger partial charge in [0, 0.05) is 50.4 Å². The highest BCUT2D eigenvalue weighted by atomic mass is 35.5. The summed E-state index contributed by atoms with van der Waals surface area (Å²) in [5.41, 5.74) is 1.46. The maximum atomic E-state index is 12.4. The predicted octanol–water partition coefficient (Wildman–Crippen LogP) is 1.49. The van der Waals surface area contributed by atoms with Gasteiger partial charge in [-0.25, -0.2) is 0 Å². The number of halogens is 1. The van der Waals surface area contributed by atoms with Gasteiger partial charge in [-0.1, -0.05) is 6.08 Å². The molecule has 25 heavy (non-hydrogen) atoms. The summed E-state index contributed by atoms with van der Waals surface area (Å²) in [6.07, 6.45) is 2.39. The number of carbonyl (C=O) groups excluding carboxylic acids is 1. The largest absolute Gasteiger partial charge is 0.493 e. The molecule has 1 aromatic rings. The molecule has 140 valence electrons. The Kier molecular flexibility index (Phi) is 9.34. The molecule has 6 nitrogen and oxygen atoms in total. The molecule has 2 N–H and O–H groups in total. The summed E-state index contributed by atoms with van der Waals surface area (Å²) in [6, 6.07) is 3.55. The van der Waals surface area contributed by atoms with Gasteiger partial charge in [-0.3, -0.25) is 9.69 Å². The van der Waals surface area contributed by atoms with E-state index in [1.165, 1.54) is 0 Å². The Morgan fingerprint density at radius 3 is 2.64 bits per heavy atom. The van der Waals surface area contributed by atoms with Crippen molar-refractivity contribution in [1.82, 2.24) is 15.5 Å². The number of hydrogen-bond acceptors (Lipinski definition) is 5. The maximum Gasteiger partial charge on any atom is 0.251 e. The first-order chi connectivity index (χ1) is 11.7. The SMILES string of the molecule is C=CCc1cc(C(=O)NCCN2CCNCC2)cc(OC)c1OC.Cl. The van der Waals surface area contributed by atoms with Crippen LogP contribution in [0.25, 0.3) is 0 Å². The Hall–Kier alpha value is -1.76. The minimum absolute atomic E-state index is 0. The van der Waals surface area contributed by atoms with Crippen molar-refractivity contribution in [3.8, 4) is 11.5 Å². The van der Waals surface area contributed by atoms with Gasteiger partial charge in [-0.15, -0.1) is 19.0 Å². The van der Waals surface area contributed by atoms with E-state index >= 15 is 0 Å². The standard InChI is InChI=1S/C18H27N3O3.ClH/c1-4-5-14-12-15(13-16(23-2)17(14)24-3)18(22)20-8-11-21-9-6-19-7-10-21;/h4,12-13,19H,1,5-11H2,2-3H3,(H,20,22);1H. The Morgan fingerprint density at radius 2 is 2.04 bits per heavy atom. The Balaban J connectivity index is 0.00000312. The average molecular weight is 370 g/mol. The van der Waals surface area contributed by atoms with Crippen molar-refractivity contribution in [2.75, 3.05) is 53.5 Å². The quantitative estimate of drug-likeness (QED) is 0.680. The first-order valence-electron chi connectivity index (χ1n) is 8.26. The number of nitrogens with zero attached hydrogens (tertiary/aromatic N) is 1. The third-order valence-electron chi connectivity index (χ3n) is 4.11. The Labute approximate surface area is 156 Å². The van der Waals surface area contributed by atoms with E-state index in [0.717, 1.165) is 38.3 Å². The molecule has 1 heterocycles. The van der Waals surface area contributed by atoms with Crippen molar-refractivity contribution in [3.63, 3.8) is 0 Å². The van der Waals surface area contributed by atoms with E-state index in [4.69, 9.17) is 9.47 Å². The lowest BCUT2D eigenvalue weighted by Gasteiger charge is -2.27. The van der Waals surface area contributed by atoms with Gasteiger partial charge in [-0.2, -0.15) is 0 Å². The molecule has 0 saturated carbocycles. The second-order valence-corrected chi connectivity index (χ2v) is 5.71. The first-order valence-corrected chi connectivity index (χ1v) is 8.26. The van der Waals surface area contributed by atoms with E-state index in [-0.39, 0.29) is 18.3 Å². The van der Waals surface area contributed by atoms with Crippen molar-refractivity contribution in [1.29, 1.82) is 0 Å². The first kappa shape index (κ1) is 21.3. The lowest BCUT2D eigenvalue weighted by atomic mass is 10.0. The molecule has 0 spiro atoms. The van der Waals surface area contributed by atoms with Gasteiger partial charge in [-0.05, 0) is 18.6 Å². The highest BCUT2D eigenvalue weighted by Gasteiger charge is 2.16. The predicted molar refractivity (Wildman–Crippen MR) is 102 cm³/mol. The summed E-state index contributed by atoms with van der Waals surface area (Å²) in [5.74, 6) is 1.11. The second-order valence-electron chi connectivity index (χ2n) is 5.71. The van der Waals surface area contributed by atoms with Crippen molar-refractivity contribution in [2.45, 2.75) is 6.42 Å². The van der Waals surface area contributed by atoms with Gasteiger partial charge in [0.15, 0.2) is 11.5 Å². The van der Waals surface area contributed by atoms with Crippen LogP contribution < -0.4 is 20.1 Å². The van der Waals surface area contributed by atoms with Crippen LogP contribution in [0.5, 0.6) is 11.5 Å². The number of rotatable bonds is 8. The molecule has 0 unspecified atom stereocenters. The van der Waals surface area contributed by atoms with Gasteiger partial charge in [0.2, 0.25) is 0 Å². The normalized spacial score (nSPS) is 14.3. The van der Waals surface area contributed by atoms with Gasteiger partial charge in [0.05, 0.1) is 14.2 Å². The molecule has 0 atom stereocenters. The van der Waals surface area contributed by atoms with Crippen LogP contribution in [0, 0.1) is 0 Å². The molecular formula is C18H28ClN3O3. The summed E-state index contributed by atoms with van der Waals surface area (Å²) in [5, 5.41) is 6.30. The average Bonchev–Trinajstić information content (AvgIpc) is 2.62. The molecule has 7 heteroatoms. The topological polar surface area (TPSA) is 62.8 Å². The third kappa shape index (κ3) is 5.92. The van der Waals surface area contributed by atoms with E-state index in [2.05, 4.69) is 22.1 Å². The zero-order valence-electron chi connectivity index (χ0n) is 15.0. The van der Waals surface area contributed by atoms with Crippen molar-refractivity contribution < 1.29 is 14.3 Å². The monoisotopic (exact) mass is 369 g/mol. The summed E-state index contributed by atoms with van der Waals surface area (Å²) in [4.78, 5) is 14.8. The highest BCUT2D eigenvalue weighted by Crippen LogP contribution is 2.33. The summed E-state index contributed by atoms with van der Waals surface area (Å²) < 4.78 is 10.8. The third-order valence-corrected chi connectivity index (χ3v) is 4.11. The highest BCUT2D eigenvalue weighted by molar-refractivity contribution is 5.95. The molecule has 1 saturated heterocycles. The summed E-state index contributed by atoms with van der Waals surface area (Å²) in [6.45, 7) is 9.31. The Morgan fingerprint density at radius 1 is 1.32 bits per heavy atom. The number of hydrogen-bond donors (Lipinski definition) is 2. The minimum Gasteiger partial charge on any atom is -0.493 e. The fourth-order valence-electron chi connectivity index (χ4n) is 2.85. The van der Waals surface area contributed by atoms with Gasteiger partial charge >= 0.3 is 0 Å². The second kappa shape index (κ2) is 11.0. The number of ether oxygens (including phenoxy) is 2. The number of allylic oxidation sites excluding steroid dienone is 1. The molecule has 1 aromatic carbocycles. The van der Waals surface area contributed by atoms with E-state index in [1.807, 2.05) is 6.07 Å². The molecular weight excluding hydrogens is 342 g/mol. The zero-order valence-corrected chi connectivity index (χ0v) is 15.8. The van der Waals surface area contributed by atoms with E-state index in [0.29, 0.717) is 30.0 Å². The Bertz CT molecular complexity index is 575. The maximum absolute atomic E-state index is 12.4. The van der Waals surface area contributed by atoms with Crippen molar-refractivity contribution in [2.24, 2.45) is 0 Å². The number of methoxy groups -OCH3 is 2. The van der Waals surface area contributed by atoms with Crippen molar-refractivity contribution in [3.05, 3.63) is 35.9 Å². The number of carbonyl (C=O) groups is 1. The molecule has 1 aliphatic heterocycles. The molecule has 0 radical (unpaired) electrons. The smallest absolute Gasteiger partial charge is 0.251 e.